The normalized spacial score (nSPS) is 15.2. The number of hydrogen-bond acceptors (Lipinski definition) is 4. The molecule has 1 aliphatic rings. The predicted molar refractivity (Wildman–Crippen MR) is 103 cm³/mol. The van der Waals surface area contributed by atoms with Crippen molar-refractivity contribution in [3.8, 4) is 5.75 Å². The van der Waals surface area contributed by atoms with Gasteiger partial charge in [-0.2, -0.15) is 4.31 Å². The van der Waals surface area contributed by atoms with E-state index in [-0.39, 0.29) is 23.9 Å². The molecule has 0 saturated carbocycles. The highest BCUT2D eigenvalue weighted by atomic mass is 32.2. The highest BCUT2D eigenvalue weighted by Gasteiger charge is 2.25. The highest BCUT2D eigenvalue weighted by molar-refractivity contribution is 7.89. The molecule has 1 saturated heterocycles. The molecule has 150 valence electrons. The second kappa shape index (κ2) is 9.16. The van der Waals surface area contributed by atoms with E-state index in [2.05, 4.69) is 5.32 Å². The van der Waals surface area contributed by atoms with Crippen LogP contribution in [0.1, 0.15) is 24.8 Å². The number of carbonyl (C=O) groups excluding carboxylic acids is 1. The minimum atomic E-state index is -3.49. The van der Waals surface area contributed by atoms with Crippen LogP contribution in [0.4, 0.5) is 4.39 Å². The summed E-state index contributed by atoms with van der Waals surface area (Å²) in [4.78, 5) is 12.1. The van der Waals surface area contributed by atoms with Gasteiger partial charge in [0, 0.05) is 25.2 Å². The van der Waals surface area contributed by atoms with Crippen LogP contribution in [-0.2, 0) is 21.4 Å². The van der Waals surface area contributed by atoms with Crippen molar-refractivity contribution in [2.75, 3.05) is 19.7 Å². The molecule has 0 unspecified atom stereocenters. The number of rotatable bonds is 7. The standard InChI is InChI=1S/C20H23FN2O4S/c21-19-7-3-2-6-16(19)14-22-20(24)15-27-17-8-10-18(11-9-17)28(25,26)23-12-4-1-5-13-23/h2-3,6-11H,1,4-5,12-15H2,(H,22,24). The number of piperidine rings is 1. The maximum atomic E-state index is 13.5. The molecule has 2 aromatic rings. The second-order valence-corrected chi connectivity index (χ2v) is 8.53. The van der Waals surface area contributed by atoms with Gasteiger partial charge in [0.15, 0.2) is 6.61 Å². The van der Waals surface area contributed by atoms with Crippen LogP contribution >= 0.6 is 0 Å². The minimum absolute atomic E-state index is 0.0713. The van der Waals surface area contributed by atoms with Crippen LogP contribution in [0.2, 0.25) is 0 Å². The molecule has 1 N–H and O–H groups in total. The van der Waals surface area contributed by atoms with Gasteiger partial charge < -0.3 is 10.1 Å². The predicted octanol–water partition coefficient (Wildman–Crippen LogP) is 2.70. The van der Waals surface area contributed by atoms with Crippen LogP contribution in [-0.4, -0.2) is 38.3 Å². The fourth-order valence-corrected chi connectivity index (χ4v) is 4.51. The number of ether oxygens (including phenoxy) is 1. The first-order chi connectivity index (χ1) is 13.5. The second-order valence-electron chi connectivity index (χ2n) is 6.59. The molecule has 0 bridgehead atoms. The molecular formula is C20H23FN2O4S. The molecular weight excluding hydrogens is 383 g/mol. The number of hydrogen-bond donors (Lipinski definition) is 1. The average molecular weight is 406 g/mol. The van der Waals surface area contributed by atoms with Gasteiger partial charge in [-0.1, -0.05) is 24.6 Å². The van der Waals surface area contributed by atoms with Crippen molar-refractivity contribution in [3.05, 3.63) is 59.9 Å². The van der Waals surface area contributed by atoms with Crippen LogP contribution in [0.25, 0.3) is 0 Å². The van der Waals surface area contributed by atoms with E-state index in [0.717, 1.165) is 19.3 Å². The number of nitrogens with zero attached hydrogens (tertiary/aromatic N) is 1. The quantitative estimate of drug-likeness (QED) is 0.767. The van der Waals surface area contributed by atoms with Gasteiger partial charge in [-0.3, -0.25) is 4.79 Å². The lowest BCUT2D eigenvalue weighted by molar-refractivity contribution is -0.123. The van der Waals surface area contributed by atoms with Crippen LogP contribution < -0.4 is 10.1 Å². The Hall–Kier alpha value is -2.45. The van der Waals surface area contributed by atoms with Gasteiger partial charge in [-0.15, -0.1) is 0 Å². The van der Waals surface area contributed by atoms with Gasteiger partial charge in [0.25, 0.3) is 5.91 Å². The third kappa shape index (κ3) is 5.08. The molecule has 1 amide bonds. The molecule has 1 fully saturated rings. The van der Waals surface area contributed by atoms with Crippen molar-refractivity contribution in [2.24, 2.45) is 0 Å². The van der Waals surface area contributed by atoms with Gasteiger partial charge in [-0.25, -0.2) is 12.8 Å². The van der Waals surface area contributed by atoms with Crippen molar-refractivity contribution in [1.29, 1.82) is 0 Å². The fraction of sp³-hybridized carbons (Fsp3) is 0.350. The maximum absolute atomic E-state index is 13.5. The van der Waals surface area contributed by atoms with Crippen molar-refractivity contribution < 1.29 is 22.3 Å². The first-order valence-electron chi connectivity index (χ1n) is 9.20. The molecule has 28 heavy (non-hydrogen) atoms. The topological polar surface area (TPSA) is 75.7 Å². The molecule has 1 aliphatic heterocycles. The minimum Gasteiger partial charge on any atom is -0.484 e. The summed E-state index contributed by atoms with van der Waals surface area (Å²) in [6, 6.07) is 12.2. The van der Waals surface area contributed by atoms with Crippen LogP contribution in [0.3, 0.4) is 0 Å². The summed E-state index contributed by atoms with van der Waals surface area (Å²) in [7, 11) is -3.49. The van der Waals surface area contributed by atoms with Crippen molar-refractivity contribution in [1.82, 2.24) is 9.62 Å². The molecule has 0 aromatic heterocycles. The highest BCUT2D eigenvalue weighted by Crippen LogP contribution is 2.22. The summed E-state index contributed by atoms with van der Waals surface area (Å²) in [6.45, 7) is 0.917. The Morgan fingerprint density at radius 1 is 1.04 bits per heavy atom. The van der Waals surface area contributed by atoms with E-state index in [1.807, 2.05) is 0 Å². The SMILES string of the molecule is O=C(COc1ccc(S(=O)(=O)N2CCCCC2)cc1)NCc1ccccc1F. The number of amides is 1. The number of nitrogens with one attached hydrogen (secondary N) is 1. The lowest BCUT2D eigenvalue weighted by Gasteiger charge is -2.25. The zero-order valence-electron chi connectivity index (χ0n) is 15.4. The van der Waals surface area contributed by atoms with E-state index in [9.17, 15) is 17.6 Å². The van der Waals surface area contributed by atoms with Crippen molar-refractivity contribution in [2.45, 2.75) is 30.7 Å². The van der Waals surface area contributed by atoms with E-state index in [4.69, 9.17) is 4.74 Å². The Labute approximate surface area is 164 Å². The van der Waals surface area contributed by atoms with E-state index in [0.29, 0.717) is 24.4 Å². The van der Waals surface area contributed by atoms with E-state index >= 15 is 0 Å². The van der Waals surface area contributed by atoms with E-state index < -0.39 is 15.9 Å². The monoisotopic (exact) mass is 406 g/mol. The molecule has 3 rings (SSSR count). The molecule has 0 aliphatic carbocycles. The lowest BCUT2D eigenvalue weighted by atomic mass is 10.2. The van der Waals surface area contributed by atoms with Gasteiger partial charge >= 0.3 is 0 Å². The number of carbonyl (C=O) groups is 1. The Morgan fingerprint density at radius 2 is 1.71 bits per heavy atom. The van der Waals surface area contributed by atoms with Crippen LogP contribution in [0.5, 0.6) is 5.75 Å². The smallest absolute Gasteiger partial charge is 0.258 e. The summed E-state index contributed by atoms with van der Waals surface area (Å²) in [5, 5.41) is 2.58. The van der Waals surface area contributed by atoms with Gasteiger partial charge in [0.1, 0.15) is 11.6 Å². The third-order valence-corrected chi connectivity index (χ3v) is 6.49. The maximum Gasteiger partial charge on any atom is 0.258 e. The van der Waals surface area contributed by atoms with Gasteiger partial charge in [0.05, 0.1) is 4.90 Å². The molecule has 1 heterocycles. The molecule has 0 radical (unpaired) electrons. The summed E-state index contributed by atoms with van der Waals surface area (Å²) >= 11 is 0. The first kappa shape index (κ1) is 20.3. The summed E-state index contributed by atoms with van der Waals surface area (Å²) in [5.74, 6) is -0.388. The number of benzene rings is 2. The van der Waals surface area contributed by atoms with E-state index in [1.165, 1.54) is 34.6 Å². The summed E-state index contributed by atoms with van der Waals surface area (Å²) in [5.41, 5.74) is 0.392. The fourth-order valence-electron chi connectivity index (χ4n) is 3.00. The van der Waals surface area contributed by atoms with Crippen molar-refractivity contribution in [3.63, 3.8) is 0 Å². The Bertz CT molecular complexity index is 910. The molecule has 0 atom stereocenters. The number of halogens is 1. The van der Waals surface area contributed by atoms with Crippen LogP contribution in [0.15, 0.2) is 53.4 Å². The Morgan fingerprint density at radius 3 is 2.39 bits per heavy atom. The first-order valence-corrected chi connectivity index (χ1v) is 10.6. The third-order valence-electron chi connectivity index (χ3n) is 4.58. The molecule has 8 heteroatoms. The van der Waals surface area contributed by atoms with Gasteiger partial charge in [-0.05, 0) is 43.2 Å². The zero-order valence-corrected chi connectivity index (χ0v) is 16.3. The Balaban J connectivity index is 1.51. The van der Waals surface area contributed by atoms with Gasteiger partial charge in [0.2, 0.25) is 10.0 Å². The van der Waals surface area contributed by atoms with Crippen molar-refractivity contribution >= 4 is 15.9 Å². The molecule has 0 spiro atoms. The molecule has 6 nitrogen and oxygen atoms in total. The average Bonchev–Trinajstić information content (AvgIpc) is 2.72. The summed E-state index contributed by atoms with van der Waals surface area (Å²) < 4.78 is 45.6. The van der Waals surface area contributed by atoms with E-state index in [1.54, 1.807) is 18.2 Å². The lowest BCUT2D eigenvalue weighted by Crippen LogP contribution is -2.35. The Kier molecular flexibility index (Phi) is 6.64. The zero-order chi connectivity index (χ0) is 20.0. The summed E-state index contributed by atoms with van der Waals surface area (Å²) in [6.07, 6.45) is 2.81. The largest absolute Gasteiger partial charge is 0.484 e. The molecule has 2 aromatic carbocycles. The van der Waals surface area contributed by atoms with Crippen LogP contribution in [0, 0.1) is 5.82 Å². The number of sulfonamides is 1.